The number of amides is 2. The molecule has 2 heterocycles. The molecule has 0 aliphatic rings. The molecule has 2 amide bonds. The lowest BCUT2D eigenvalue weighted by atomic mass is 10.1. The molecular formula is C36H49N3O8. The number of rotatable bonds is 13. The van der Waals surface area contributed by atoms with Crippen LogP contribution in [0.4, 0.5) is 4.79 Å². The normalized spacial score (nSPS) is 11.6. The number of aromatic nitrogens is 1. The van der Waals surface area contributed by atoms with Crippen molar-refractivity contribution in [3.05, 3.63) is 106 Å². The van der Waals surface area contributed by atoms with E-state index in [2.05, 4.69) is 15.6 Å². The number of nitrogens with zero attached hydrogens (tertiary/aromatic N) is 1. The Hall–Kier alpha value is -4.74. The SMILES string of the molecule is Cc1ccc(C(Oc2ccc3c(C)cc(=O)oc3c2)C(=O)NCCOCCOCCNC(=O)OC(C)(C)C)cc1.Cc1cccnc1.[HH].[HH]. The maximum Gasteiger partial charge on any atom is 0.407 e. The van der Waals surface area contributed by atoms with E-state index in [0.717, 1.165) is 16.5 Å². The molecule has 0 saturated carbocycles. The van der Waals surface area contributed by atoms with Crippen LogP contribution in [-0.2, 0) is 19.0 Å². The van der Waals surface area contributed by atoms with Gasteiger partial charge in [0.05, 0.1) is 26.4 Å². The maximum absolute atomic E-state index is 13.1. The van der Waals surface area contributed by atoms with Crippen LogP contribution in [0.25, 0.3) is 11.0 Å². The number of benzene rings is 2. The van der Waals surface area contributed by atoms with Crippen molar-refractivity contribution in [1.82, 2.24) is 15.6 Å². The van der Waals surface area contributed by atoms with Crippen LogP contribution >= 0.6 is 0 Å². The number of pyridine rings is 1. The Morgan fingerprint density at radius 3 is 2.15 bits per heavy atom. The summed E-state index contributed by atoms with van der Waals surface area (Å²) in [6.07, 6.45) is 2.20. The van der Waals surface area contributed by atoms with Gasteiger partial charge in [0.1, 0.15) is 16.9 Å². The Balaban J connectivity index is 0.00000118. The highest BCUT2D eigenvalue weighted by atomic mass is 16.6. The lowest BCUT2D eigenvalue weighted by Gasteiger charge is -2.20. The van der Waals surface area contributed by atoms with Gasteiger partial charge in [0.25, 0.3) is 5.91 Å². The van der Waals surface area contributed by atoms with Crippen LogP contribution in [0.2, 0.25) is 0 Å². The van der Waals surface area contributed by atoms with Gasteiger partial charge < -0.3 is 34.0 Å². The fraction of sp³-hybridized carbons (Fsp3) is 0.389. The number of carbonyl (C=O) groups is 2. The third kappa shape index (κ3) is 13.6. The fourth-order valence-electron chi connectivity index (χ4n) is 4.18. The number of aryl methyl sites for hydroxylation is 3. The van der Waals surface area contributed by atoms with E-state index in [4.69, 9.17) is 23.4 Å². The van der Waals surface area contributed by atoms with E-state index in [-0.39, 0.29) is 21.9 Å². The van der Waals surface area contributed by atoms with Crippen molar-refractivity contribution in [3.63, 3.8) is 0 Å². The molecule has 1 atom stereocenters. The number of ether oxygens (including phenoxy) is 4. The molecule has 2 N–H and O–H groups in total. The van der Waals surface area contributed by atoms with E-state index in [0.29, 0.717) is 43.3 Å². The largest absolute Gasteiger partial charge is 0.476 e. The molecule has 256 valence electrons. The first-order chi connectivity index (χ1) is 22.4. The van der Waals surface area contributed by atoms with Crippen LogP contribution in [0.1, 0.15) is 52.0 Å². The zero-order chi connectivity index (χ0) is 34.2. The van der Waals surface area contributed by atoms with E-state index < -0.39 is 23.4 Å². The first-order valence-electron chi connectivity index (χ1n) is 15.5. The van der Waals surface area contributed by atoms with Crippen LogP contribution in [0.15, 0.2) is 82.3 Å². The monoisotopic (exact) mass is 651 g/mol. The molecule has 11 heteroatoms. The minimum Gasteiger partial charge on any atom is -0.476 e. The number of hydrogen-bond acceptors (Lipinski definition) is 9. The zero-order valence-corrected chi connectivity index (χ0v) is 28.0. The van der Waals surface area contributed by atoms with Crippen molar-refractivity contribution >= 4 is 23.0 Å². The third-order valence-electron chi connectivity index (χ3n) is 6.44. The molecule has 2 aromatic carbocycles. The summed E-state index contributed by atoms with van der Waals surface area (Å²) in [4.78, 5) is 40.4. The molecule has 1 unspecified atom stereocenters. The molecule has 2 aromatic heterocycles. The van der Waals surface area contributed by atoms with Gasteiger partial charge in [-0.15, -0.1) is 0 Å². The lowest BCUT2D eigenvalue weighted by Crippen LogP contribution is -2.35. The molecule has 4 aromatic rings. The summed E-state index contributed by atoms with van der Waals surface area (Å²) >= 11 is 0. The van der Waals surface area contributed by atoms with Crippen molar-refractivity contribution in [2.24, 2.45) is 0 Å². The van der Waals surface area contributed by atoms with E-state index in [1.807, 2.05) is 63.4 Å². The Kier molecular flexibility index (Phi) is 14.4. The number of carbonyl (C=O) groups excluding carboxylic acids is 2. The predicted octanol–water partition coefficient (Wildman–Crippen LogP) is 6.09. The average Bonchev–Trinajstić information content (AvgIpc) is 3.01. The van der Waals surface area contributed by atoms with Gasteiger partial charge in [-0.1, -0.05) is 35.9 Å². The Morgan fingerprint density at radius 1 is 0.872 bits per heavy atom. The number of hydrogen-bond donors (Lipinski definition) is 2. The number of alkyl carbamates (subject to hydrolysis) is 1. The average molecular weight is 652 g/mol. The van der Waals surface area contributed by atoms with E-state index in [1.165, 1.54) is 11.6 Å². The highest BCUT2D eigenvalue weighted by Crippen LogP contribution is 2.27. The lowest BCUT2D eigenvalue weighted by molar-refractivity contribution is -0.128. The van der Waals surface area contributed by atoms with Gasteiger partial charge >= 0.3 is 11.7 Å². The summed E-state index contributed by atoms with van der Waals surface area (Å²) in [5.74, 6) is 0.0687. The van der Waals surface area contributed by atoms with Gasteiger partial charge in [-0.05, 0) is 70.9 Å². The molecule has 0 fully saturated rings. The summed E-state index contributed by atoms with van der Waals surface area (Å²) < 4.78 is 27.5. The topological polar surface area (TPSA) is 138 Å². The van der Waals surface area contributed by atoms with Crippen molar-refractivity contribution in [2.75, 3.05) is 39.5 Å². The maximum atomic E-state index is 13.1. The van der Waals surface area contributed by atoms with Gasteiger partial charge in [0.2, 0.25) is 6.10 Å². The van der Waals surface area contributed by atoms with Crippen LogP contribution in [0.5, 0.6) is 5.75 Å². The molecule has 0 radical (unpaired) electrons. The van der Waals surface area contributed by atoms with Crippen molar-refractivity contribution < 1.29 is 35.8 Å². The summed E-state index contributed by atoms with van der Waals surface area (Å²) in [5, 5.41) is 6.26. The molecule has 0 saturated heterocycles. The van der Waals surface area contributed by atoms with Crippen molar-refractivity contribution in [2.45, 2.75) is 53.2 Å². The van der Waals surface area contributed by atoms with E-state index in [1.54, 1.807) is 45.2 Å². The Labute approximate surface area is 278 Å². The second-order valence-electron chi connectivity index (χ2n) is 11.8. The van der Waals surface area contributed by atoms with E-state index in [9.17, 15) is 14.4 Å². The van der Waals surface area contributed by atoms with Crippen LogP contribution in [-0.4, -0.2) is 62.1 Å². The molecule has 11 nitrogen and oxygen atoms in total. The fourth-order valence-corrected chi connectivity index (χ4v) is 4.18. The summed E-state index contributed by atoms with van der Waals surface area (Å²) in [7, 11) is 0. The standard InChI is InChI=1S/C30H38N2O8.C6H7N.2H2/c1-20-6-8-22(9-7-20)27(38-23-10-11-24-21(2)18-26(33)39-25(24)19-23)28(34)31-12-14-36-16-17-37-15-13-32-29(35)40-30(3,4)5;1-6-3-2-4-7-5-6;;/h6-11,18-19,27H,12-17H2,1-5H3,(H,31,34)(H,32,35);2-5H,1H3;2*1H. The summed E-state index contributed by atoms with van der Waals surface area (Å²) in [6, 6.07) is 18.1. The molecule has 0 aliphatic heterocycles. The molecule has 4 rings (SSSR count). The van der Waals surface area contributed by atoms with Gasteiger partial charge in [-0.3, -0.25) is 9.78 Å². The first-order valence-corrected chi connectivity index (χ1v) is 15.5. The van der Waals surface area contributed by atoms with Gasteiger partial charge in [-0.25, -0.2) is 9.59 Å². The van der Waals surface area contributed by atoms with Gasteiger partial charge in [-0.2, -0.15) is 0 Å². The predicted molar refractivity (Wildman–Crippen MR) is 184 cm³/mol. The second kappa shape index (κ2) is 18.4. The van der Waals surface area contributed by atoms with Crippen LogP contribution in [0, 0.1) is 20.8 Å². The summed E-state index contributed by atoms with van der Waals surface area (Å²) in [5.41, 5.74) is 3.15. The zero-order valence-electron chi connectivity index (χ0n) is 28.0. The Morgan fingerprint density at radius 2 is 1.55 bits per heavy atom. The quantitative estimate of drug-likeness (QED) is 0.130. The van der Waals surface area contributed by atoms with Gasteiger partial charge in [0.15, 0.2) is 0 Å². The molecule has 47 heavy (non-hydrogen) atoms. The van der Waals surface area contributed by atoms with Crippen LogP contribution in [0.3, 0.4) is 0 Å². The molecule has 0 aliphatic carbocycles. The summed E-state index contributed by atoms with van der Waals surface area (Å²) in [6.45, 7) is 13.1. The Bertz CT molecular complexity index is 1630. The molecular weight excluding hydrogens is 602 g/mol. The first kappa shape index (κ1) is 36.7. The smallest absolute Gasteiger partial charge is 0.407 e. The highest BCUT2D eigenvalue weighted by Gasteiger charge is 2.23. The second-order valence-corrected chi connectivity index (χ2v) is 11.8. The van der Waals surface area contributed by atoms with E-state index >= 15 is 0 Å². The van der Waals surface area contributed by atoms with Gasteiger partial charge in [0, 0.05) is 51.4 Å². The van der Waals surface area contributed by atoms with Crippen molar-refractivity contribution in [1.29, 1.82) is 0 Å². The number of nitrogens with one attached hydrogen (secondary N) is 2. The molecule has 0 spiro atoms. The highest BCUT2D eigenvalue weighted by molar-refractivity contribution is 5.84. The minimum atomic E-state index is -0.921. The minimum absolute atomic E-state index is 0. The van der Waals surface area contributed by atoms with Crippen molar-refractivity contribution in [3.8, 4) is 5.75 Å². The van der Waals surface area contributed by atoms with Crippen LogP contribution < -0.4 is 21.0 Å². The molecule has 0 bridgehead atoms. The number of fused-ring (bicyclic) bond motifs is 1. The third-order valence-corrected chi connectivity index (χ3v) is 6.44.